The first-order valence-electron chi connectivity index (χ1n) is 3.91. The van der Waals surface area contributed by atoms with Crippen molar-refractivity contribution in [1.29, 1.82) is 0 Å². The van der Waals surface area contributed by atoms with E-state index in [4.69, 9.17) is 13.0 Å². The molecule has 3 aliphatic rings. The van der Waals surface area contributed by atoms with Crippen molar-refractivity contribution in [3.05, 3.63) is 11.6 Å². The van der Waals surface area contributed by atoms with Crippen molar-refractivity contribution in [1.82, 2.24) is 0 Å². The molecule has 1 saturated carbocycles. The Bertz CT molecular complexity index is 224. The van der Waals surface area contributed by atoms with Crippen molar-refractivity contribution in [2.75, 3.05) is 6.61 Å². The van der Waals surface area contributed by atoms with E-state index in [0.717, 1.165) is 12.0 Å². The third kappa shape index (κ3) is 1.04. The number of allylic oxidation sites excluding steroid dienone is 1. The minimum Gasteiger partial charge on any atom is -0.392 e. The van der Waals surface area contributed by atoms with E-state index in [9.17, 15) is 0 Å². The zero-order valence-electron chi connectivity index (χ0n) is 6.27. The SMILES string of the molecule is [B]C1C2C[C@H]1C=C(CO)C=N2. The molecule has 3 atom stereocenters. The molecular weight excluding hydrogens is 137 g/mol. The molecule has 1 aliphatic carbocycles. The highest BCUT2D eigenvalue weighted by Crippen LogP contribution is 2.42. The second kappa shape index (κ2) is 2.49. The Hall–Kier alpha value is -0.565. The third-order valence-electron chi connectivity index (χ3n) is 2.49. The van der Waals surface area contributed by atoms with Crippen LogP contribution in [0.2, 0.25) is 5.82 Å². The van der Waals surface area contributed by atoms with Crippen LogP contribution in [0.4, 0.5) is 0 Å². The largest absolute Gasteiger partial charge is 0.392 e. The van der Waals surface area contributed by atoms with Gasteiger partial charge in [-0.3, -0.25) is 4.99 Å². The predicted molar refractivity (Wildman–Crippen MR) is 45.1 cm³/mol. The lowest BCUT2D eigenvalue weighted by molar-refractivity contribution is 0.322. The smallest absolute Gasteiger partial charge is 0.0736 e. The molecule has 0 saturated heterocycles. The molecule has 3 rings (SSSR count). The maximum absolute atomic E-state index is 8.84. The van der Waals surface area contributed by atoms with Crippen molar-refractivity contribution < 1.29 is 5.11 Å². The van der Waals surface area contributed by atoms with E-state index in [-0.39, 0.29) is 12.4 Å². The second-order valence-electron chi connectivity index (χ2n) is 3.22. The van der Waals surface area contributed by atoms with Crippen LogP contribution >= 0.6 is 0 Å². The summed E-state index contributed by atoms with van der Waals surface area (Å²) in [4.78, 5) is 4.24. The number of nitrogens with zero attached hydrogens (tertiary/aromatic N) is 1. The molecule has 2 radical (unpaired) electrons. The fourth-order valence-corrected chi connectivity index (χ4v) is 1.63. The fourth-order valence-electron chi connectivity index (χ4n) is 1.63. The Balaban J connectivity index is 2.20. The predicted octanol–water partition coefficient (Wildman–Crippen LogP) is 0.335. The zero-order chi connectivity index (χ0) is 7.84. The van der Waals surface area contributed by atoms with Crippen LogP contribution in [-0.4, -0.2) is 31.8 Å². The average molecular weight is 147 g/mol. The summed E-state index contributed by atoms with van der Waals surface area (Å²) in [5, 5.41) is 8.84. The summed E-state index contributed by atoms with van der Waals surface area (Å²) in [6.45, 7) is 0.0828. The standard InChI is InChI=1S/C8H10BNO/c9-8-6-1-5(4-11)3-10-7(8)2-6/h1,3,6-8,11H,2,4H2/t6-,7?,8?/m1/s1. The Morgan fingerprint density at radius 2 is 2.55 bits per heavy atom. The normalized spacial score (nSPS) is 40.8. The monoisotopic (exact) mass is 147 g/mol. The van der Waals surface area contributed by atoms with Crippen molar-refractivity contribution >= 4 is 14.1 Å². The summed E-state index contributed by atoms with van der Waals surface area (Å²) in [6.07, 6.45) is 4.84. The highest BCUT2D eigenvalue weighted by Gasteiger charge is 2.36. The molecule has 0 aromatic carbocycles. The summed E-state index contributed by atoms with van der Waals surface area (Å²) in [6, 6.07) is 0.306. The van der Waals surface area contributed by atoms with Crippen LogP contribution in [0, 0.1) is 5.92 Å². The Kier molecular flexibility index (Phi) is 1.60. The zero-order valence-corrected chi connectivity index (χ0v) is 6.27. The first kappa shape index (κ1) is 7.10. The van der Waals surface area contributed by atoms with Gasteiger partial charge in [0.1, 0.15) is 0 Å². The first-order chi connectivity index (χ1) is 5.31. The fraction of sp³-hybridized carbons (Fsp3) is 0.625. The molecule has 2 unspecified atom stereocenters. The van der Waals surface area contributed by atoms with Crippen LogP contribution in [0.15, 0.2) is 16.6 Å². The van der Waals surface area contributed by atoms with Crippen molar-refractivity contribution in [3.8, 4) is 0 Å². The minimum absolute atomic E-state index is 0.0828. The maximum atomic E-state index is 8.84. The summed E-state index contributed by atoms with van der Waals surface area (Å²) in [7, 11) is 5.80. The molecule has 2 bridgehead atoms. The lowest BCUT2D eigenvalue weighted by Crippen LogP contribution is -2.33. The van der Waals surface area contributed by atoms with Gasteiger partial charge in [0.05, 0.1) is 14.5 Å². The van der Waals surface area contributed by atoms with Crippen molar-refractivity contribution in [3.63, 3.8) is 0 Å². The van der Waals surface area contributed by atoms with E-state index in [1.165, 1.54) is 0 Å². The van der Waals surface area contributed by atoms with E-state index in [2.05, 4.69) is 4.99 Å². The van der Waals surface area contributed by atoms with Crippen LogP contribution in [0.3, 0.4) is 0 Å². The third-order valence-corrected chi connectivity index (χ3v) is 2.49. The van der Waals surface area contributed by atoms with E-state index in [1.807, 2.05) is 6.08 Å². The Morgan fingerprint density at radius 1 is 1.73 bits per heavy atom. The van der Waals surface area contributed by atoms with E-state index in [0.29, 0.717) is 12.0 Å². The number of aliphatic hydroxyl groups excluding tert-OH is 1. The van der Waals surface area contributed by atoms with Crippen molar-refractivity contribution in [2.24, 2.45) is 10.9 Å². The molecule has 0 spiro atoms. The number of hydrogen-bond donors (Lipinski definition) is 1. The first-order valence-corrected chi connectivity index (χ1v) is 3.91. The average Bonchev–Trinajstić information content (AvgIpc) is 2.32. The van der Waals surface area contributed by atoms with Crippen LogP contribution in [0.25, 0.3) is 0 Å². The Morgan fingerprint density at radius 3 is 3.18 bits per heavy atom. The molecule has 0 aromatic rings. The summed E-state index contributed by atoms with van der Waals surface area (Å²) in [5.41, 5.74) is 0.908. The lowest BCUT2D eigenvalue weighted by Gasteiger charge is -2.37. The number of fused-ring (bicyclic) bond motifs is 1. The minimum atomic E-state index is 0.0828. The lowest BCUT2D eigenvalue weighted by atomic mass is 9.59. The quantitative estimate of drug-likeness (QED) is 0.532. The van der Waals surface area contributed by atoms with Gasteiger partial charge in [0, 0.05) is 12.3 Å². The van der Waals surface area contributed by atoms with Crippen molar-refractivity contribution in [2.45, 2.75) is 18.3 Å². The van der Waals surface area contributed by atoms with E-state index in [1.54, 1.807) is 6.21 Å². The summed E-state index contributed by atoms with van der Waals surface area (Å²) < 4.78 is 0. The molecule has 2 nitrogen and oxygen atoms in total. The molecule has 2 heterocycles. The van der Waals surface area contributed by atoms with Crippen LogP contribution in [0.5, 0.6) is 0 Å². The maximum Gasteiger partial charge on any atom is 0.0736 e. The van der Waals surface area contributed by atoms with Gasteiger partial charge in [-0.2, -0.15) is 0 Å². The number of hydrogen-bond acceptors (Lipinski definition) is 2. The molecule has 56 valence electrons. The highest BCUT2D eigenvalue weighted by molar-refractivity contribution is 6.13. The van der Waals surface area contributed by atoms with Crippen LogP contribution in [-0.2, 0) is 0 Å². The molecule has 2 aliphatic heterocycles. The number of rotatable bonds is 1. The Labute approximate surface area is 67.4 Å². The molecule has 1 N–H and O–H groups in total. The van der Waals surface area contributed by atoms with Gasteiger partial charge < -0.3 is 5.11 Å². The summed E-state index contributed by atoms with van der Waals surface area (Å²) in [5.74, 6) is 0.639. The van der Waals surface area contributed by atoms with Gasteiger partial charge in [0.15, 0.2) is 0 Å². The van der Waals surface area contributed by atoms with Gasteiger partial charge in [0.2, 0.25) is 0 Å². The highest BCUT2D eigenvalue weighted by atomic mass is 16.3. The van der Waals surface area contributed by atoms with Gasteiger partial charge in [-0.15, -0.1) is 0 Å². The molecule has 11 heavy (non-hydrogen) atoms. The van der Waals surface area contributed by atoms with Gasteiger partial charge >= 0.3 is 0 Å². The summed E-state index contributed by atoms with van der Waals surface area (Å²) >= 11 is 0. The number of aliphatic imine (C=N–C) groups is 1. The van der Waals surface area contributed by atoms with Crippen LogP contribution in [0.1, 0.15) is 6.42 Å². The molecular formula is C8H10BNO. The van der Waals surface area contributed by atoms with Gasteiger partial charge in [0.25, 0.3) is 0 Å². The van der Waals surface area contributed by atoms with Gasteiger partial charge in [-0.25, -0.2) is 0 Å². The van der Waals surface area contributed by atoms with Gasteiger partial charge in [-0.1, -0.05) is 6.08 Å². The van der Waals surface area contributed by atoms with Gasteiger partial charge in [-0.05, 0) is 23.7 Å². The molecule has 1 fully saturated rings. The van der Waals surface area contributed by atoms with E-state index < -0.39 is 0 Å². The second-order valence-corrected chi connectivity index (χ2v) is 3.22. The topological polar surface area (TPSA) is 32.6 Å². The molecule has 3 heteroatoms. The van der Waals surface area contributed by atoms with Crippen LogP contribution < -0.4 is 0 Å². The van der Waals surface area contributed by atoms with E-state index >= 15 is 0 Å². The molecule has 0 aromatic heterocycles. The molecule has 0 amide bonds. The number of aliphatic hydroxyl groups is 1.